The third-order valence-corrected chi connectivity index (χ3v) is 2.07. The molecule has 0 saturated heterocycles. The van der Waals surface area contributed by atoms with Crippen LogP contribution in [0.3, 0.4) is 0 Å². The SMILES string of the molecule is N#Cc1cccc(N(CCN)CC(=O)O)c1. The van der Waals surface area contributed by atoms with E-state index in [1.807, 2.05) is 6.07 Å². The molecule has 0 aliphatic rings. The van der Waals surface area contributed by atoms with E-state index in [0.717, 1.165) is 0 Å². The van der Waals surface area contributed by atoms with E-state index in [-0.39, 0.29) is 6.54 Å². The minimum Gasteiger partial charge on any atom is -0.480 e. The predicted octanol–water partition coefficient (Wildman–Crippen LogP) is 0.408. The van der Waals surface area contributed by atoms with Crippen molar-refractivity contribution in [3.63, 3.8) is 0 Å². The van der Waals surface area contributed by atoms with Crippen LogP contribution >= 0.6 is 0 Å². The van der Waals surface area contributed by atoms with Gasteiger partial charge < -0.3 is 15.7 Å². The summed E-state index contributed by atoms with van der Waals surface area (Å²) in [5, 5.41) is 17.5. The van der Waals surface area contributed by atoms with E-state index in [1.165, 1.54) is 0 Å². The number of anilines is 1. The van der Waals surface area contributed by atoms with Crippen LogP contribution in [-0.2, 0) is 4.79 Å². The molecule has 0 spiro atoms. The summed E-state index contributed by atoms with van der Waals surface area (Å²) in [6, 6.07) is 8.82. The molecule has 1 rings (SSSR count). The van der Waals surface area contributed by atoms with Crippen LogP contribution in [-0.4, -0.2) is 30.7 Å². The highest BCUT2D eigenvalue weighted by atomic mass is 16.4. The average molecular weight is 219 g/mol. The van der Waals surface area contributed by atoms with Crippen molar-refractivity contribution in [2.45, 2.75) is 0 Å². The second-order valence-electron chi connectivity index (χ2n) is 3.27. The highest BCUT2D eigenvalue weighted by molar-refractivity contribution is 5.74. The fourth-order valence-corrected chi connectivity index (χ4v) is 1.39. The molecular weight excluding hydrogens is 206 g/mol. The van der Waals surface area contributed by atoms with Crippen LogP contribution in [0.25, 0.3) is 0 Å². The third-order valence-electron chi connectivity index (χ3n) is 2.07. The molecule has 0 unspecified atom stereocenters. The summed E-state index contributed by atoms with van der Waals surface area (Å²) in [5.41, 5.74) is 6.62. The van der Waals surface area contributed by atoms with Crippen LogP contribution in [0.5, 0.6) is 0 Å². The number of rotatable bonds is 5. The van der Waals surface area contributed by atoms with E-state index >= 15 is 0 Å². The van der Waals surface area contributed by atoms with Crippen LogP contribution in [0.15, 0.2) is 24.3 Å². The molecular formula is C11H13N3O2. The van der Waals surface area contributed by atoms with Gasteiger partial charge in [0.15, 0.2) is 0 Å². The lowest BCUT2D eigenvalue weighted by Crippen LogP contribution is -2.34. The van der Waals surface area contributed by atoms with Crippen molar-refractivity contribution >= 4 is 11.7 Å². The highest BCUT2D eigenvalue weighted by Gasteiger charge is 2.09. The maximum atomic E-state index is 10.7. The molecule has 5 nitrogen and oxygen atoms in total. The topological polar surface area (TPSA) is 90.4 Å². The van der Waals surface area contributed by atoms with Crippen molar-refractivity contribution in [3.05, 3.63) is 29.8 Å². The smallest absolute Gasteiger partial charge is 0.323 e. The van der Waals surface area contributed by atoms with Gasteiger partial charge in [0.05, 0.1) is 11.6 Å². The summed E-state index contributed by atoms with van der Waals surface area (Å²) in [5.74, 6) is -0.921. The van der Waals surface area contributed by atoms with Gasteiger partial charge in [0.25, 0.3) is 0 Å². The normalized spacial score (nSPS) is 9.50. The van der Waals surface area contributed by atoms with Crippen LogP contribution in [0.1, 0.15) is 5.56 Å². The van der Waals surface area contributed by atoms with Gasteiger partial charge in [0, 0.05) is 18.8 Å². The fourth-order valence-electron chi connectivity index (χ4n) is 1.39. The first-order valence-electron chi connectivity index (χ1n) is 4.84. The Labute approximate surface area is 93.7 Å². The van der Waals surface area contributed by atoms with Crippen molar-refractivity contribution in [2.75, 3.05) is 24.5 Å². The Morgan fingerprint density at radius 2 is 2.31 bits per heavy atom. The molecule has 5 heteroatoms. The summed E-state index contributed by atoms with van der Waals surface area (Å²) in [7, 11) is 0. The lowest BCUT2D eigenvalue weighted by atomic mass is 10.2. The molecule has 0 radical (unpaired) electrons. The van der Waals surface area contributed by atoms with Gasteiger partial charge in [-0.2, -0.15) is 5.26 Å². The quantitative estimate of drug-likeness (QED) is 0.748. The Morgan fingerprint density at radius 3 is 2.88 bits per heavy atom. The summed E-state index contributed by atoms with van der Waals surface area (Å²) in [4.78, 5) is 12.3. The molecule has 0 heterocycles. The minimum absolute atomic E-state index is 0.119. The van der Waals surface area contributed by atoms with E-state index in [2.05, 4.69) is 0 Å². The second-order valence-corrected chi connectivity index (χ2v) is 3.27. The molecule has 0 aliphatic carbocycles. The second kappa shape index (κ2) is 5.73. The number of aliphatic carboxylic acids is 1. The van der Waals surface area contributed by atoms with Crippen molar-refractivity contribution in [1.82, 2.24) is 0 Å². The zero-order chi connectivity index (χ0) is 12.0. The van der Waals surface area contributed by atoms with Gasteiger partial charge in [-0.15, -0.1) is 0 Å². The molecule has 3 N–H and O–H groups in total. The zero-order valence-corrected chi connectivity index (χ0v) is 8.76. The standard InChI is InChI=1S/C11H13N3O2/c12-4-5-14(8-11(15)16)10-3-1-2-9(6-10)7-13/h1-3,6H,4-5,8,12H2,(H,15,16). The number of nitriles is 1. The Hall–Kier alpha value is -2.06. The largest absolute Gasteiger partial charge is 0.480 e. The lowest BCUT2D eigenvalue weighted by Gasteiger charge is -2.22. The Kier molecular flexibility index (Phi) is 4.30. The van der Waals surface area contributed by atoms with Crippen molar-refractivity contribution < 1.29 is 9.90 Å². The third kappa shape index (κ3) is 3.26. The summed E-state index contributed by atoms with van der Waals surface area (Å²) in [6.45, 7) is 0.692. The van der Waals surface area contributed by atoms with E-state index in [0.29, 0.717) is 24.3 Å². The Balaban J connectivity index is 2.91. The number of carboxylic acid groups (broad SMARTS) is 1. The first kappa shape index (κ1) is 12.0. The van der Waals surface area contributed by atoms with Gasteiger partial charge in [-0.1, -0.05) is 6.07 Å². The molecule has 0 bridgehead atoms. The number of hydrogen-bond donors (Lipinski definition) is 2. The van der Waals surface area contributed by atoms with Crippen LogP contribution in [0.4, 0.5) is 5.69 Å². The van der Waals surface area contributed by atoms with Gasteiger partial charge in [0.2, 0.25) is 0 Å². The molecule has 16 heavy (non-hydrogen) atoms. The number of nitrogens with two attached hydrogens (primary N) is 1. The summed E-state index contributed by atoms with van der Waals surface area (Å²) >= 11 is 0. The molecule has 0 aliphatic heterocycles. The molecule has 84 valence electrons. The first-order chi connectivity index (χ1) is 7.67. The molecule has 0 saturated carbocycles. The van der Waals surface area contributed by atoms with Gasteiger partial charge in [-0.05, 0) is 18.2 Å². The molecule has 0 amide bonds. The van der Waals surface area contributed by atoms with E-state index in [1.54, 1.807) is 29.2 Å². The summed E-state index contributed by atoms with van der Waals surface area (Å²) in [6.07, 6.45) is 0. The van der Waals surface area contributed by atoms with Gasteiger partial charge in [0.1, 0.15) is 6.54 Å². The maximum absolute atomic E-state index is 10.7. The monoisotopic (exact) mass is 219 g/mol. The van der Waals surface area contributed by atoms with Crippen molar-refractivity contribution in [1.29, 1.82) is 5.26 Å². The van der Waals surface area contributed by atoms with Gasteiger partial charge in [-0.3, -0.25) is 4.79 Å². The Morgan fingerprint density at radius 1 is 1.56 bits per heavy atom. The average Bonchev–Trinajstić information content (AvgIpc) is 2.28. The molecule has 1 aromatic rings. The Bertz CT molecular complexity index is 412. The number of benzene rings is 1. The van der Waals surface area contributed by atoms with E-state index in [9.17, 15) is 4.79 Å². The molecule has 0 atom stereocenters. The molecule has 1 aromatic carbocycles. The minimum atomic E-state index is -0.921. The van der Waals surface area contributed by atoms with Crippen molar-refractivity contribution in [3.8, 4) is 6.07 Å². The zero-order valence-electron chi connectivity index (χ0n) is 8.76. The van der Waals surface area contributed by atoms with Crippen LogP contribution in [0.2, 0.25) is 0 Å². The van der Waals surface area contributed by atoms with Gasteiger partial charge in [-0.25, -0.2) is 0 Å². The van der Waals surface area contributed by atoms with Crippen LogP contribution < -0.4 is 10.6 Å². The molecule has 0 aromatic heterocycles. The fraction of sp³-hybridized carbons (Fsp3) is 0.273. The van der Waals surface area contributed by atoms with E-state index < -0.39 is 5.97 Å². The number of carbonyl (C=O) groups is 1. The lowest BCUT2D eigenvalue weighted by molar-refractivity contribution is -0.135. The highest BCUT2D eigenvalue weighted by Crippen LogP contribution is 2.15. The summed E-state index contributed by atoms with van der Waals surface area (Å²) < 4.78 is 0. The number of carboxylic acids is 1. The van der Waals surface area contributed by atoms with Gasteiger partial charge >= 0.3 is 5.97 Å². The predicted molar refractivity (Wildman–Crippen MR) is 60.1 cm³/mol. The molecule has 0 fully saturated rings. The van der Waals surface area contributed by atoms with Crippen LogP contribution in [0, 0.1) is 11.3 Å². The maximum Gasteiger partial charge on any atom is 0.323 e. The first-order valence-corrected chi connectivity index (χ1v) is 4.84. The van der Waals surface area contributed by atoms with E-state index in [4.69, 9.17) is 16.1 Å². The number of hydrogen-bond acceptors (Lipinski definition) is 4. The number of nitrogens with zero attached hydrogens (tertiary/aromatic N) is 2. The van der Waals surface area contributed by atoms with Crippen molar-refractivity contribution in [2.24, 2.45) is 5.73 Å².